The van der Waals surface area contributed by atoms with Gasteiger partial charge in [0.05, 0.1) is 6.61 Å². The lowest BCUT2D eigenvalue weighted by Crippen LogP contribution is -2.50. The molecule has 0 amide bonds. The van der Waals surface area contributed by atoms with E-state index in [1.165, 1.54) is 13.0 Å². The molecule has 0 radical (unpaired) electrons. The van der Waals surface area contributed by atoms with Gasteiger partial charge in [0.2, 0.25) is 0 Å². The van der Waals surface area contributed by atoms with Gasteiger partial charge in [0, 0.05) is 5.92 Å². The second kappa shape index (κ2) is 5.01. The Labute approximate surface area is 125 Å². The van der Waals surface area contributed by atoms with E-state index in [1.54, 1.807) is 0 Å². The minimum atomic E-state index is -5.21. The summed E-state index contributed by atoms with van der Waals surface area (Å²) in [6.07, 6.45) is -2.01. The van der Waals surface area contributed by atoms with Crippen LogP contribution >= 0.6 is 0 Å². The lowest BCUT2D eigenvalue weighted by molar-refractivity contribution is -0.272. The predicted octanol–water partition coefficient (Wildman–Crippen LogP) is 3.11. The third-order valence-electron chi connectivity index (χ3n) is 4.40. The Balaban J connectivity index is 1.85. The highest BCUT2D eigenvalue weighted by molar-refractivity contribution is 5.81. The van der Waals surface area contributed by atoms with Crippen LogP contribution in [0.25, 0.3) is 0 Å². The number of halogens is 3. The van der Waals surface area contributed by atoms with E-state index in [9.17, 15) is 23.1 Å². The van der Waals surface area contributed by atoms with Crippen molar-refractivity contribution < 1.29 is 32.2 Å². The third kappa shape index (κ3) is 2.41. The van der Waals surface area contributed by atoms with E-state index in [-0.39, 0.29) is 12.5 Å². The Morgan fingerprint density at radius 3 is 2.64 bits per heavy atom. The first kappa shape index (κ1) is 15.4. The zero-order valence-corrected chi connectivity index (χ0v) is 12.0. The van der Waals surface area contributed by atoms with Crippen LogP contribution < -0.4 is 0 Å². The van der Waals surface area contributed by atoms with Crippen LogP contribution in [0.3, 0.4) is 0 Å². The van der Waals surface area contributed by atoms with Crippen LogP contribution in [-0.2, 0) is 15.1 Å². The maximum Gasteiger partial charge on any atom is 0.435 e. The molecule has 2 fully saturated rings. The predicted molar refractivity (Wildman–Crippen MR) is 68.9 cm³/mol. The Hall–Kier alpha value is -1.50. The number of rotatable bonds is 5. The van der Waals surface area contributed by atoms with Crippen molar-refractivity contribution in [1.82, 2.24) is 0 Å². The Morgan fingerprint density at radius 2 is 2.09 bits per heavy atom. The van der Waals surface area contributed by atoms with Crippen molar-refractivity contribution in [3.05, 3.63) is 23.7 Å². The summed E-state index contributed by atoms with van der Waals surface area (Å²) in [7, 11) is 0. The van der Waals surface area contributed by atoms with Gasteiger partial charge in [0.15, 0.2) is 5.76 Å². The van der Waals surface area contributed by atoms with E-state index in [1.807, 2.05) is 0 Å². The Kier molecular flexibility index (Phi) is 3.51. The smallest absolute Gasteiger partial charge is 0.435 e. The van der Waals surface area contributed by atoms with Gasteiger partial charge in [-0.15, -0.1) is 0 Å². The molecule has 3 atom stereocenters. The summed E-state index contributed by atoms with van der Waals surface area (Å²) in [5.74, 6) is -0.988. The number of aliphatic hydroxyl groups is 1. The van der Waals surface area contributed by atoms with E-state index in [4.69, 9.17) is 4.42 Å². The van der Waals surface area contributed by atoms with E-state index in [2.05, 4.69) is 4.74 Å². The number of alkyl halides is 3. The zero-order chi connectivity index (χ0) is 16.1. The zero-order valence-electron chi connectivity index (χ0n) is 12.0. The van der Waals surface area contributed by atoms with Crippen molar-refractivity contribution in [2.24, 2.45) is 11.8 Å². The fraction of sp³-hybridized carbons (Fsp3) is 0.667. The molecule has 3 rings (SSSR count). The molecule has 1 heterocycles. The van der Waals surface area contributed by atoms with Gasteiger partial charge in [-0.1, -0.05) is 0 Å². The molecule has 1 aromatic heterocycles. The maximum atomic E-state index is 13.2. The molecule has 7 heteroatoms. The van der Waals surface area contributed by atoms with Gasteiger partial charge in [0.1, 0.15) is 5.76 Å². The van der Waals surface area contributed by atoms with Crippen molar-refractivity contribution in [3.63, 3.8) is 0 Å². The highest BCUT2D eigenvalue weighted by Crippen LogP contribution is 2.59. The van der Waals surface area contributed by atoms with E-state index in [0.29, 0.717) is 17.6 Å². The third-order valence-corrected chi connectivity index (χ3v) is 4.40. The van der Waals surface area contributed by atoms with Crippen molar-refractivity contribution >= 4 is 5.97 Å². The SMILES string of the molecule is CCOC(=O)[C@](O)(c1ccc([C@@H]2C[C@@H]2C2CC2)o1)C(F)(F)F. The quantitative estimate of drug-likeness (QED) is 0.848. The average Bonchev–Trinajstić information content (AvgIpc) is 3.33. The second-order valence-corrected chi connectivity index (χ2v) is 5.97. The Bertz CT molecular complexity index is 576. The first-order chi connectivity index (χ1) is 10.3. The summed E-state index contributed by atoms with van der Waals surface area (Å²) in [5, 5.41) is 9.93. The lowest BCUT2D eigenvalue weighted by atomic mass is 10.0. The van der Waals surface area contributed by atoms with Gasteiger partial charge < -0.3 is 14.3 Å². The number of ether oxygens (including phenoxy) is 1. The van der Waals surface area contributed by atoms with Gasteiger partial charge in [-0.3, -0.25) is 0 Å². The summed E-state index contributed by atoms with van der Waals surface area (Å²) in [4.78, 5) is 11.6. The summed E-state index contributed by atoms with van der Waals surface area (Å²) in [6.45, 7) is 1.10. The summed E-state index contributed by atoms with van der Waals surface area (Å²) in [6, 6.07) is 2.43. The van der Waals surface area contributed by atoms with Crippen molar-refractivity contribution in [2.45, 2.75) is 43.9 Å². The van der Waals surface area contributed by atoms with Crippen LogP contribution in [0.2, 0.25) is 0 Å². The van der Waals surface area contributed by atoms with Crippen LogP contribution in [0.1, 0.15) is 43.6 Å². The summed E-state index contributed by atoms with van der Waals surface area (Å²) >= 11 is 0. The molecule has 0 bridgehead atoms. The number of furan rings is 1. The Morgan fingerprint density at radius 1 is 1.41 bits per heavy atom. The van der Waals surface area contributed by atoms with E-state index < -0.39 is 23.5 Å². The largest absolute Gasteiger partial charge is 0.463 e. The van der Waals surface area contributed by atoms with Gasteiger partial charge in [-0.2, -0.15) is 13.2 Å². The minimum Gasteiger partial charge on any atom is -0.463 e. The standard InChI is InChI=1S/C15H17F3O4/c1-2-21-13(19)14(20,15(16,17)18)12-6-5-11(22-12)10-7-9(10)8-3-4-8/h5-6,8-10,20H,2-4,7H2,1H3/t9-,10-,14-/m1/s1. The topological polar surface area (TPSA) is 59.7 Å². The van der Waals surface area contributed by atoms with Crippen molar-refractivity contribution in [2.75, 3.05) is 6.61 Å². The lowest BCUT2D eigenvalue weighted by Gasteiger charge is -2.25. The summed E-state index contributed by atoms with van der Waals surface area (Å²) < 4.78 is 49.2. The monoisotopic (exact) mass is 318 g/mol. The molecule has 0 saturated heterocycles. The van der Waals surface area contributed by atoms with Crippen LogP contribution in [0, 0.1) is 11.8 Å². The van der Waals surface area contributed by atoms with E-state index in [0.717, 1.165) is 25.3 Å². The molecular formula is C15H17F3O4. The van der Waals surface area contributed by atoms with Crippen molar-refractivity contribution in [3.8, 4) is 0 Å². The highest BCUT2D eigenvalue weighted by Gasteiger charge is 2.64. The number of carbonyl (C=O) groups is 1. The van der Waals surface area contributed by atoms with Gasteiger partial charge in [-0.05, 0) is 50.2 Å². The fourth-order valence-corrected chi connectivity index (χ4v) is 2.93. The van der Waals surface area contributed by atoms with E-state index >= 15 is 0 Å². The fourth-order valence-electron chi connectivity index (χ4n) is 2.93. The van der Waals surface area contributed by atoms with Crippen molar-refractivity contribution in [1.29, 1.82) is 0 Å². The molecule has 0 aliphatic heterocycles. The number of hydrogen-bond donors (Lipinski definition) is 1. The van der Waals surface area contributed by atoms with Gasteiger partial charge in [-0.25, -0.2) is 4.79 Å². The summed E-state index contributed by atoms with van der Waals surface area (Å²) in [5.41, 5.74) is -3.76. The molecule has 0 aromatic carbocycles. The highest BCUT2D eigenvalue weighted by atomic mass is 19.4. The first-order valence-electron chi connectivity index (χ1n) is 7.35. The van der Waals surface area contributed by atoms with Crippen LogP contribution in [0.5, 0.6) is 0 Å². The first-order valence-corrected chi connectivity index (χ1v) is 7.35. The number of hydrogen-bond acceptors (Lipinski definition) is 4. The van der Waals surface area contributed by atoms with Gasteiger partial charge >= 0.3 is 17.7 Å². The molecule has 2 aliphatic carbocycles. The van der Waals surface area contributed by atoms with Crippen LogP contribution in [0.4, 0.5) is 13.2 Å². The molecule has 2 saturated carbocycles. The molecular weight excluding hydrogens is 301 g/mol. The molecule has 2 aliphatic rings. The molecule has 4 nitrogen and oxygen atoms in total. The molecule has 0 unspecified atom stereocenters. The average molecular weight is 318 g/mol. The minimum absolute atomic E-state index is 0.0981. The normalized spacial score (nSPS) is 27.3. The molecule has 1 N–H and O–H groups in total. The number of esters is 1. The molecule has 22 heavy (non-hydrogen) atoms. The molecule has 0 spiro atoms. The second-order valence-electron chi connectivity index (χ2n) is 5.97. The number of carbonyl (C=O) groups excluding carboxylic acids is 1. The van der Waals surface area contributed by atoms with Crippen LogP contribution in [-0.4, -0.2) is 23.9 Å². The maximum absolute atomic E-state index is 13.2. The molecule has 1 aromatic rings. The molecule has 122 valence electrons. The van der Waals surface area contributed by atoms with Crippen LogP contribution in [0.15, 0.2) is 16.5 Å². The van der Waals surface area contributed by atoms with Gasteiger partial charge in [0.25, 0.3) is 0 Å².